The van der Waals surface area contributed by atoms with Crippen molar-refractivity contribution in [1.82, 2.24) is 5.32 Å². The van der Waals surface area contributed by atoms with Crippen molar-refractivity contribution >= 4 is 29.1 Å². The van der Waals surface area contributed by atoms with Gasteiger partial charge >= 0.3 is 0 Å². The van der Waals surface area contributed by atoms with Crippen LogP contribution in [0.15, 0.2) is 29.5 Å². The van der Waals surface area contributed by atoms with Crippen molar-refractivity contribution in [1.29, 1.82) is 0 Å². The first-order valence-corrected chi connectivity index (χ1v) is 11.6. The van der Waals surface area contributed by atoms with Gasteiger partial charge in [-0.1, -0.05) is 30.7 Å². The number of carbonyl (C=O) groups is 3. The van der Waals surface area contributed by atoms with Gasteiger partial charge in [-0.05, 0) is 31.6 Å². The quantitative estimate of drug-likeness (QED) is 0.528. The number of fused-ring (bicyclic) bond motifs is 1. The van der Waals surface area contributed by atoms with Crippen LogP contribution in [0, 0.1) is 17.8 Å². The maximum absolute atomic E-state index is 14.2. The molecule has 4 aliphatic rings. The van der Waals surface area contributed by atoms with Gasteiger partial charge in [-0.2, -0.15) is 0 Å². The molecule has 1 aromatic carbocycles. The fourth-order valence-electron chi connectivity index (χ4n) is 5.81. The molecule has 0 bridgehead atoms. The SMILES string of the molecule is COc1cc(OC)c2c(c1Cl)OC1(C(=O)C3=C(CC1C)NC(=O)CC3C1CC=CCC1)C2=O. The van der Waals surface area contributed by atoms with E-state index in [4.69, 9.17) is 25.8 Å². The van der Waals surface area contributed by atoms with Crippen molar-refractivity contribution in [2.45, 2.75) is 44.6 Å². The van der Waals surface area contributed by atoms with E-state index in [-0.39, 0.29) is 52.0 Å². The number of halogens is 1. The minimum absolute atomic E-state index is 0.0827. The molecule has 1 amide bonds. The van der Waals surface area contributed by atoms with Crippen molar-refractivity contribution in [3.8, 4) is 17.2 Å². The van der Waals surface area contributed by atoms with Gasteiger partial charge in [-0.25, -0.2) is 0 Å². The Morgan fingerprint density at radius 1 is 1.09 bits per heavy atom. The Morgan fingerprint density at radius 2 is 1.85 bits per heavy atom. The Bertz CT molecular complexity index is 1140. The Hall–Kier alpha value is -2.80. The zero-order valence-corrected chi connectivity index (χ0v) is 19.6. The van der Waals surface area contributed by atoms with E-state index in [1.165, 1.54) is 20.3 Å². The zero-order chi connectivity index (χ0) is 23.5. The summed E-state index contributed by atoms with van der Waals surface area (Å²) in [6.07, 6.45) is 7.42. The molecule has 1 spiro atoms. The van der Waals surface area contributed by atoms with Crippen LogP contribution in [0.25, 0.3) is 0 Å². The third-order valence-electron chi connectivity index (χ3n) is 7.48. The molecule has 2 heterocycles. The molecule has 0 aromatic heterocycles. The van der Waals surface area contributed by atoms with E-state index in [1.54, 1.807) is 6.92 Å². The lowest BCUT2D eigenvalue weighted by Gasteiger charge is -2.43. The van der Waals surface area contributed by atoms with Crippen LogP contribution >= 0.6 is 11.6 Å². The van der Waals surface area contributed by atoms with E-state index in [1.807, 2.05) is 0 Å². The fraction of sp³-hybridized carbons (Fsp3) is 0.480. The minimum atomic E-state index is -1.74. The van der Waals surface area contributed by atoms with E-state index >= 15 is 0 Å². The van der Waals surface area contributed by atoms with Gasteiger partial charge in [0, 0.05) is 35.6 Å². The van der Waals surface area contributed by atoms with Crippen LogP contribution in [0.2, 0.25) is 5.02 Å². The van der Waals surface area contributed by atoms with Crippen molar-refractivity contribution < 1.29 is 28.6 Å². The van der Waals surface area contributed by atoms with Crippen LogP contribution in [0.4, 0.5) is 0 Å². The molecule has 0 saturated heterocycles. The first-order chi connectivity index (χ1) is 15.8. The van der Waals surface area contributed by atoms with Crippen LogP contribution in [0.5, 0.6) is 17.2 Å². The molecular formula is C25H26ClNO6. The maximum atomic E-state index is 14.2. The first kappa shape index (κ1) is 22.0. The third kappa shape index (κ3) is 3.05. The molecule has 8 heteroatoms. The number of carbonyl (C=O) groups excluding carboxylic acids is 3. The van der Waals surface area contributed by atoms with Gasteiger partial charge in [0.05, 0.1) is 14.2 Å². The van der Waals surface area contributed by atoms with Crippen LogP contribution in [-0.4, -0.2) is 37.3 Å². The molecule has 0 fully saturated rings. The normalized spacial score (nSPS) is 30.7. The number of ether oxygens (including phenoxy) is 3. The summed E-state index contributed by atoms with van der Waals surface area (Å²) in [5.41, 5.74) is -0.437. The van der Waals surface area contributed by atoms with Crippen LogP contribution < -0.4 is 19.5 Å². The smallest absolute Gasteiger partial charge is 0.236 e. The summed E-state index contributed by atoms with van der Waals surface area (Å²) in [6.45, 7) is 1.79. The Balaban J connectivity index is 1.63. The third-order valence-corrected chi connectivity index (χ3v) is 7.83. The number of ketones is 2. The highest BCUT2D eigenvalue weighted by Gasteiger charge is 2.63. The average Bonchev–Trinajstić information content (AvgIpc) is 3.13. The van der Waals surface area contributed by atoms with Gasteiger partial charge in [0.25, 0.3) is 0 Å². The topological polar surface area (TPSA) is 90.9 Å². The Kier molecular flexibility index (Phi) is 5.27. The summed E-state index contributed by atoms with van der Waals surface area (Å²) in [5, 5.41) is 3.04. The molecule has 1 aromatic rings. The summed E-state index contributed by atoms with van der Waals surface area (Å²) >= 11 is 6.51. The number of benzene rings is 1. The van der Waals surface area contributed by atoms with Crippen molar-refractivity contribution in [2.24, 2.45) is 17.8 Å². The number of amides is 1. The fourth-order valence-corrected chi connectivity index (χ4v) is 6.08. The number of Topliss-reactive ketones (excluding diaryl/α,β-unsaturated/α-hetero) is 2. The van der Waals surface area contributed by atoms with Gasteiger partial charge in [0.2, 0.25) is 23.1 Å². The van der Waals surface area contributed by atoms with Crippen molar-refractivity contribution in [2.75, 3.05) is 14.2 Å². The highest BCUT2D eigenvalue weighted by atomic mass is 35.5. The van der Waals surface area contributed by atoms with E-state index in [9.17, 15) is 14.4 Å². The number of rotatable bonds is 3. The van der Waals surface area contributed by atoms with Crippen LogP contribution in [0.1, 0.15) is 49.4 Å². The lowest BCUT2D eigenvalue weighted by atomic mass is 9.64. The van der Waals surface area contributed by atoms with Crippen molar-refractivity contribution in [3.63, 3.8) is 0 Å². The summed E-state index contributed by atoms with van der Waals surface area (Å²) < 4.78 is 17.0. The zero-order valence-electron chi connectivity index (χ0n) is 18.8. The van der Waals surface area contributed by atoms with E-state index in [2.05, 4.69) is 17.5 Å². The predicted molar refractivity (Wildman–Crippen MR) is 121 cm³/mol. The minimum Gasteiger partial charge on any atom is -0.496 e. The van der Waals surface area contributed by atoms with E-state index in [0.29, 0.717) is 23.4 Å². The second-order valence-electron chi connectivity index (χ2n) is 9.20. The lowest BCUT2D eigenvalue weighted by Crippen LogP contribution is -2.59. The molecule has 5 rings (SSSR count). The van der Waals surface area contributed by atoms with Crippen LogP contribution in [0.3, 0.4) is 0 Å². The van der Waals surface area contributed by atoms with Crippen LogP contribution in [-0.2, 0) is 9.59 Å². The standard InChI is InChI=1S/C25H26ClNO6/c1-12-9-15-19(14(10-18(28)27-15)13-7-5-4-6-8-13)23(29)25(12)24(30)20-16(31-2)11-17(32-3)21(26)22(20)33-25/h4-5,11-14H,6-10H2,1-3H3,(H,27,28). The number of allylic oxidation sites excluding steroid dienone is 3. The summed E-state index contributed by atoms with van der Waals surface area (Å²) in [4.78, 5) is 40.6. The lowest BCUT2D eigenvalue weighted by molar-refractivity contribution is -0.132. The van der Waals surface area contributed by atoms with E-state index in [0.717, 1.165) is 19.3 Å². The molecule has 33 heavy (non-hydrogen) atoms. The highest BCUT2D eigenvalue weighted by molar-refractivity contribution is 6.36. The Labute approximate surface area is 197 Å². The molecular weight excluding hydrogens is 446 g/mol. The molecule has 1 N–H and O–H groups in total. The molecule has 2 aliphatic heterocycles. The first-order valence-electron chi connectivity index (χ1n) is 11.2. The van der Waals surface area contributed by atoms with Crippen molar-refractivity contribution in [3.05, 3.63) is 40.1 Å². The molecule has 7 nitrogen and oxygen atoms in total. The molecule has 4 unspecified atom stereocenters. The number of methoxy groups -OCH3 is 2. The maximum Gasteiger partial charge on any atom is 0.236 e. The molecule has 174 valence electrons. The number of hydrogen-bond acceptors (Lipinski definition) is 6. The number of nitrogens with one attached hydrogen (secondary N) is 1. The summed E-state index contributed by atoms with van der Waals surface area (Å²) in [7, 11) is 2.90. The number of hydrogen-bond donors (Lipinski definition) is 1. The summed E-state index contributed by atoms with van der Waals surface area (Å²) in [6, 6.07) is 1.53. The predicted octanol–water partition coefficient (Wildman–Crippen LogP) is 4.03. The largest absolute Gasteiger partial charge is 0.496 e. The summed E-state index contributed by atoms with van der Waals surface area (Å²) in [5.74, 6) is -0.861. The highest BCUT2D eigenvalue weighted by Crippen LogP contribution is 2.55. The molecule has 4 atom stereocenters. The van der Waals surface area contributed by atoms with Gasteiger partial charge in [-0.3, -0.25) is 14.4 Å². The second-order valence-corrected chi connectivity index (χ2v) is 9.57. The Morgan fingerprint density at radius 3 is 2.52 bits per heavy atom. The van der Waals surface area contributed by atoms with E-state index < -0.39 is 17.3 Å². The molecule has 0 saturated carbocycles. The van der Waals surface area contributed by atoms with Gasteiger partial charge in [0.1, 0.15) is 22.1 Å². The molecule has 0 radical (unpaired) electrons. The average molecular weight is 472 g/mol. The monoisotopic (exact) mass is 471 g/mol. The molecule has 2 aliphatic carbocycles. The second kappa shape index (κ2) is 7.90. The van der Waals surface area contributed by atoms with Gasteiger partial charge in [0.15, 0.2) is 5.75 Å². The van der Waals surface area contributed by atoms with Gasteiger partial charge < -0.3 is 19.5 Å². The van der Waals surface area contributed by atoms with Gasteiger partial charge in [-0.15, -0.1) is 0 Å².